The predicted octanol–water partition coefficient (Wildman–Crippen LogP) is 2.20. The number of nitrogens with zero attached hydrogens (tertiary/aromatic N) is 1. The molecule has 1 aliphatic heterocycles. The standard InChI is InChI=1S/C16H18N2O2/c1-18(10-12-5-7-20-11-12)16(19)14-3-2-13-4-6-17-9-15(13)8-14/h2-3,5,7-8,11,17H,4,6,9-10H2,1H3. The summed E-state index contributed by atoms with van der Waals surface area (Å²) in [5.74, 6) is 0.0413. The molecule has 1 aromatic heterocycles. The minimum absolute atomic E-state index is 0.0413. The highest BCUT2D eigenvalue weighted by Crippen LogP contribution is 2.17. The second-order valence-electron chi connectivity index (χ2n) is 5.20. The smallest absolute Gasteiger partial charge is 0.253 e. The Morgan fingerprint density at radius 1 is 1.35 bits per heavy atom. The van der Waals surface area contributed by atoms with Gasteiger partial charge in [-0.3, -0.25) is 4.79 Å². The topological polar surface area (TPSA) is 45.5 Å². The van der Waals surface area contributed by atoms with Gasteiger partial charge in [-0.05, 0) is 42.3 Å². The molecule has 2 aromatic rings. The average Bonchev–Trinajstić information content (AvgIpc) is 2.99. The van der Waals surface area contributed by atoms with E-state index < -0.39 is 0 Å². The molecule has 1 aliphatic rings. The first-order chi connectivity index (χ1) is 9.74. The van der Waals surface area contributed by atoms with Crippen molar-refractivity contribution in [2.45, 2.75) is 19.5 Å². The molecule has 0 saturated heterocycles. The SMILES string of the molecule is CN(Cc1ccoc1)C(=O)c1ccc2c(c1)CNCC2. The highest BCUT2D eigenvalue weighted by molar-refractivity contribution is 5.94. The fraction of sp³-hybridized carbons (Fsp3) is 0.312. The van der Waals surface area contributed by atoms with Gasteiger partial charge in [-0.25, -0.2) is 0 Å². The van der Waals surface area contributed by atoms with Crippen LogP contribution in [0.3, 0.4) is 0 Å². The molecule has 1 N–H and O–H groups in total. The number of hydrogen-bond acceptors (Lipinski definition) is 3. The van der Waals surface area contributed by atoms with Crippen LogP contribution < -0.4 is 5.32 Å². The minimum Gasteiger partial charge on any atom is -0.472 e. The van der Waals surface area contributed by atoms with Gasteiger partial charge in [-0.1, -0.05) is 6.07 Å². The van der Waals surface area contributed by atoms with Crippen molar-refractivity contribution in [3.05, 3.63) is 59.0 Å². The molecule has 0 unspecified atom stereocenters. The molecule has 0 saturated carbocycles. The quantitative estimate of drug-likeness (QED) is 0.930. The maximum absolute atomic E-state index is 12.4. The van der Waals surface area contributed by atoms with E-state index in [4.69, 9.17) is 4.42 Å². The van der Waals surface area contributed by atoms with E-state index in [1.807, 2.05) is 25.2 Å². The van der Waals surface area contributed by atoms with Crippen molar-refractivity contribution >= 4 is 5.91 Å². The number of nitrogens with one attached hydrogen (secondary N) is 1. The molecule has 0 radical (unpaired) electrons. The van der Waals surface area contributed by atoms with Crippen molar-refractivity contribution in [1.29, 1.82) is 0 Å². The Labute approximate surface area is 118 Å². The van der Waals surface area contributed by atoms with Crippen LogP contribution in [0.5, 0.6) is 0 Å². The van der Waals surface area contributed by atoms with Gasteiger partial charge in [0.15, 0.2) is 0 Å². The van der Waals surface area contributed by atoms with Crippen LogP contribution in [0.4, 0.5) is 0 Å². The Morgan fingerprint density at radius 3 is 3.05 bits per heavy atom. The number of rotatable bonds is 3. The van der Waals surface area contributed by atoms with Crippen LogP contribution in [0.1, 0.15) is 27.0 Å². The van der Waals surface area contributed by atoms with Gasteiger partial charge in [0.1, 0.15) is 0 Å². The third kappa shape index (κ3) is 2.60. The fourth-order valence-electron chi connectivity index (χ4n) is 2.56. The lowest BCUT2D eigenvalue weighted by atomic mass is 9.98. The minimum atomic E-state index is 0.0413. The van der Waals surface area contributed by atoms with Gasteiger partial charge in [0.05, 0.1) is 12.5 Å². The van der Waals surface area contributed by atoms with E-state index in [0.717, 1.165) is 30.6 Å². The first-order valence-electron chi connectivity index (χ1n) is 6.83. The summed E-state index contributed by atoms with van der Waals surface area (Å²) in [7, 11) is 1.81. The van der Waals surface area contributed by atoms with Crippen molar-refractivity contribution in [1.82, 2.24) is 10.2 Å². The molecular weight excluding hydrogens is 252 g/mol. The Morgan fingerprint density at radius 2 is 2.25 bits per heavy atom. The lowest BCUT2D eigenvalue weighted by Crippen LogP contribution is -2.27. The molecule has 3 rings (SSSR count). The van der Waals surface area contributed by atoms with Crippen molar-refractivity contribution in [3.63, 3.8) is 0 Å². The molecule has 0 fully saturated rings. The Hall–Kier alpha value is -2.07. The van der Waals surface area contributed by atoms with Gasteiger partial charge < -0.3 is 14.6 Å². The molecule has 0 spiro atoms. The van der Waals surface area contributed by atoms with Crippen LogP contribution in [-0.2, 0) is 19.5 Å². The number of carbonyl (C=O) groups excluding carboxylic acids is 1. The summed E-state index contributed by atoms with van der Waals surface area (Å²) in [6.07, 6.45) is 4.33. The molecule has 20 heavy (non-hydrogen) atoms. The van der Waals surface area contributed by atoms with Gasteiger partial charge in [0, 0.05) is 31.3 Å². The lowest BCUT2D eigenvalue weighted by molar-refractivity contribution is 0.0785. The molecule has 1 aromatic carbocycles. The van der Waals surface area contributed by atoms with E-state index in [2.05, 4.69) is 11.4 Å². The Bertz CT molecular complexity index is 605. The van der Waals surface area contributed by atoms with Gasteiger partial charge in [0.2, 0.25) is 0 Å². The zero-order valence-electron chi connectivity index (χ0n) is 11.6. The zero-order chi connectivity index (χ0) is 13.9. The molecule has 0 atom stereocenters. The number of fused-ring (bicyclic) bond motifs is 1. The summed E-state index contributed by atoms with van der Waals surface area (Å²) < 4.78 is 5.03. The van der Waals surface area contributed by atoms with Gasteiger partial charge in [-0.2, -0.15) is 0 Å². The Kier molecular flexibility index (Phi) is 3.56. The van der Waals surface area contributed by atoms with Gasteiger partial charge in [-0.15, -0.1) is 0 Å². The maximum Gasteiger partial charge on any atom is 0.253 e. The van der Waals surface area contributed by atoms with E-state index in [1.54, 1.807) is 17.4 Å². The number of furan rings is 1. The summed E-state index contributed by atoms with van der Waals surface area (Å²) >= 11 is 0. The summed E-state index contributed by atoms with van der Waals surface area (Å²) in [5, 5.41) is 3.34. The van der Waals surface area contributed by atoms with Crippen LogP contribution in [-0.4, -0.2) is 24.4 Å². The maximum atomic E-state index is 12.4. The molecule has 2 heterocycles. The van der Waals surface area contributed by atoms with Crippen LogP contribution in [0, 0.1) is 0 Å². The van der Waals surface area contributed by atoms with E-state index >= 15 is 0 Å². The Balaban J connectivity index is 1.76. The van der Waals surface area contributed by atoms with E-state index in [-0.39, 0.29) is 5.91 Å². The normalized spacial score (nSPS) is 13.8. The van der Waals surface area contributed by atoms with E-state index in [9.17, 15) is 4.79 Å². The van der Waals surface area contributed by atoms with Crippen molar-refractivity contribution in [2.75, 3.05) is 13.6 Å². The molecule has 4 heteroatoms. The first kappa shape index (κ1) is 12.9. The highest BCUT2D eigenvalue weighted by Gasteiger charge is 2.15. The van der Waals surface area contributed by atoms with Crippen LogP contribution in [0.15, 0.2) is 41.2 Å². The van der Waals surface area contributed by atoms with Crippen molar-refractivity contribution in [3.8, 4) is 0 Å². The third-order valence-electron chi connectivity index (χ3n) is 3.69. The van der Waals surface area contributed by atoms with Gasteiger partial charge in [0.25, 0.3) is 5.91 Å². The number of benzene rings is 1. The van der Waals surface area contributed by atoms with E-state index in [0.29, 0.717) is 6.54 Å². The largest absolute Gasteiger partial charge is 0.472 e. The lowest BCUT2D eigenvalue weighted by Gasteiger charge is -2.20. The van der Waals surface area contributed by atoms with Gasteiger partial charge >= 0.3 is 0 Å². The predicted molar refractivity (Wildman–Crippen MR) is 76.4 cm³/mol. The molecule has 104 valence electrons. The average molecular weight is 270 g/mol. The monoisotopic (exact) mass is 270 g/mol. The molecular formula is C16H18N2O2. The molecule has 1 amide bonds. The molecule has 0 bridgehead atoms. The first-order valence-corrected chi connectivity index (χ1v) is 6.83. The van der Waals surface area contributed by atoms with Crippen molar-refractivity contribution in [2.24, 2.45) is 0 Å². The number of hydrogen-bond donors (Lipinski definition) is 1. The third-order valence-corrected chi connectivity index (χ3v) is 3.69. The second kappa shape index (κ2) is 5.51. The second-order valence-corrected chi connectivity index (χ2v) is 5.20. The summed E-state index contributed by atoms with van der Waals surface area (Å²) in [6.45, 7) is 2.42. The number of carbonyl (C=O) groups is 1. The summed E-state index contributed by atoms with van der Waals surface area (Å²) in [5.41, 5.74) is 4.33. The highest BCUT2D eigenvalue weighted by atomic mass is 16.3. The zero-order valence-corrected chi connectivity index (χ0v) is 11.6. The molecule has 4 nitrogen and oxygen atoms in total. The summed E-state index contributed by atoms with van der Waals surface area (Å²) in [4.78, 5) is 14.1. The van der Waals surface area contributed by atoms with E-state index in [1.165, 1.54) is 11.1 Å². The molecule has 0 aliphatic carbocycles. The van der Waals surface area contributed by atoms with Crippen LogP contribution >= 0.6 is 0 Å². The van der Waals surface area contributed by atoms with Crippen LogP contribution in [0.2, 0.25) is 0 Å². The van der Waals surface area contributed by atoms with Crippen molar-refractivity contribution < 1.29 is 9.21 Å². The van der Waals surface area contributed by atoms with Crippen LogP contribution in [0.25, 0.3) is 0 Å². The summed E-state index contributed by atoms with van der Waals surface area (Å²) in [6, 6.07) is 7.89. The fourth-order valence-corrected chi connectivity index (χ4v) is 2.56. The number of amides is 1.